The molecule has 134 valence electrons. The van der Waals surface area contributed by atoms with Crippen molar-refractivity contribution in [2.45, 2.75) is 31.0 Å². The quantitative estimate of drug-likeness (QED) is 0.405. The Kier molecular flexibility index (Phi) is 5.37. The fraction of sp³-hybridized carbons (Fsp3) is 0.571. The molecular weight excluding hydrogens is 334 g/mol. The molecular formula is C14H17N5O6. The molecule has 1 aliphatic rings. The Labute approximate surface area is 141 Å². The molecule has 4 atom stereocenters. The summed E-state index contributed by atoms with van der Waals surface area (Å²) in [7, 11) is 0. The molecule has 0 bridgehead atoms. The van der Waals surface area contributed by atoms with Crippen molar-refractivity contribution in [2.75, 3.05) is 20.0 Å². The summed E-state index contributed by atoms with van der Waals surface area (Å²) < 4.78 is 17.8. The number of hydrogen-bond acceptors (Lipinski definition) is 9. The van der Waals surface area contributed by atoms with Gasteiger partial charge in [-0.15, -0.1) is 0 Å². The largest absolute Gasteiger partial charge is 0.394 e. The zero-order valence-electron chi connectivity index (χ0n) is 13.1. The van der Waals surface area contributed by atoms with Crippen LogP contribution >= 0.6 is 0 Å². The highest BCUT2D eigenvalue weighted by Crippen LogP contribution is 2.33. The van der Waals surface area contributed by atoms with Gasteiger partial charge in [0.2, 0.25) is 0 Å². The van der Waals surface area contributed by atoms with E-state index in [2.05, 4.69) is 15.0 Å². The lowest BCUT2D eigenvalue weighted by molar-refractivity contribution is -0.137. The second kappa shape index (κ2) is 7.68. The number of nitriles is 1. The average molecular weight is 351 g/mol. The van der Waals surface area contributed by atoms with Crippen LogP contribution < -0.4 is 5.56 Å². The van der Waals surface area contributed by atoms with Gasteiger partial charge >= 0.3 is 0 Å². The molecule has 1 saturated heterocycles. The lowest BCUT2D eigenvalue weighted by atomic mass is 10.1. The van der Waals surface area contributed by atoms with E-state index in [0.29, 0.717) is 0 Å². The van der Waals surface area contributed by atoms with Crippen molar-refractivity contribution >= 4 is 11.2 Å². The second-order valence-corrected chi connectivity index (χ2v) is 5.36. The number of aliphatic hydroxyl groups is 2. The summed E-state index contributed by atoms with van der Waals surface area (Å²) in [5.41, 5.74) is -0.0195. The summed E-state index contributed by atoms with van der Waals surface area (Å²) in [6, 6.07) is 1.94. The summed E-state index contributed by atoms with van der Waals surface area (Å²) in [6.07, 6.45) is -0.907. The first-order valence-corrected chi connectivity index (χ1v) is 7.58. The van der Waals surface area contributed by atoms with Gasteiger partial charge in [0, 0.05) is 0 Å². The first kappa shape index (κ1) is 17.5. The van der Waals surface area contributed by atoms with Gasteiger partial charge in [0.25, 0.3) is 5.56 Å². The van der Waals surface area contributed by atoms with Gasteiger partial charge in [-0.05, 0) is 0 Å². The topological polar surface area (TPSA) is 156 Å². The minimum atomic E-state index is -1.12. The zero-order valence-corrected chi connectivity index (χ0v) is 13.1. The monoisotopic (exact) mass is 351 g/mol. The molecule has 3 heterocycles. The van der Waals surface area contributed by atoms with Crippen LogP contribution in [0.1, 0.15) is 12.6 Å². The van der Waals surface area contributed by atoms with Gasteiger partial charge in [0.05, 0.1) is 38.4 Å². The molecule has 1 aliphatic heterocycles. The number of nitrogens with zero attached hydrogens (tertiary/aromatic N) is 4. The molecule has 3 rings (SSSR count). The van der Waals surface area contributed by atoms with Gasteiger partial charge in [-0.1, -0.05) is 0 Å². The fourth-order valence-electron chi connectivity index (χ4n) is 2.63. The predicted octanol–water partition coefficient (Wildman–Crippen LogP) is -1.36. The predicted molar refractivity (Wildman–Crippen MR) is 81.1 cm³/mol. The van der Waals surface area contributed by atoms with Crippen molar-refractivity contribution in [2.24, 2.45) is 0 Å². The van der Waals surface area contributed by atoms with Crippen molar-refractivity contribution < 1.29 is 24.4 Å². The highest BCUT2D eigenvalue weighted by Gasteiger charge is 2.46. The molecule has 25 heavy (non-hydrogen) atoms. The number of hydrogen-bond donors (Lipinski definition) is 3. The molecule has 0 aliphatic carbocycles. The highest BCUT2D eigenvalue weighted by molar-refractivity contribution is 5.68. The maximum Gasteiger partial charge on any atom is 0.278 e. The minimum absolute atomic E-state index is 0.122. The first-order chi connectivity index (χ1) is 12.2. The lowest BCUT2D eigenvalue weighted by Gasteiger charge is -2.21. The van der Waals surface area contributed by atoms with Gasteiger partial charge in [-0.3, -0.25) is 9.36 Å². The van der Waals surface area contributed by atoms with E-state index in [9.17, 15) is 15.0 Å². The number of H-pyrrole nitrogens is 1. The molecule has 0 aromatic carbocycles. The Balaban J connectivity index is 1.82. The third kappa shape index (κ3) is 3.39. The summed E-state index contributed by atoms with van der Waals surface area (Å²) in [6.45, 7) is -0.380. The van der Waals surface area contributed by atoms with Gasteiger partial charge in [-0.2, -0.15) is 5.26 Å². The SMILES string of the molecule is N#CCCOCO[C@@H]1[C@H](O)[C@@H](CO)O[C@H]1n1cnc2c(=O)[nH]cnc21. The number of imidazole rings is 1. The number of fused-ring (bicyclic) bond motifs is 1. The number of rotatable bonds is 7. The van der Waals surface area contributed by atoms with E-state index in [1.807, 2.05) is 6.07 Å². The van der Waals surface area contributed by atoms with Crippen LogP contribution in [-0.4, -0.2) is 68.1 Å². The highest BCUT2D eigenvalue weighted by atomic mass is 16.7. The van der Waals surface area contributed by atoms with E-state index in [1.165, 1.54) is 17.2 Å². The Morgan fingerprint density at radius 1 is 1.48 bits per heavy atom. The number of ether oxygens (including phenoxy) is 3. The average Bonchev–Trinajstić information content (AvgIpc) is 3.17. The minimum Gasteiger partial charge on any atom is -0.394 e. The molecule has 2 aromatic rings. The van der Waals surface area contributed by atoms with E-state index in [0.717, 1.165) is 0 Å². The van der Waals surface area contributed by atoms with Gasteiger partial charge in [0.1, 0.15) is 25.1 Å². The summed E-state index contributed by atoms with van der Waals surface area (Å²) in [5, 5.41) is 28.1. The van der Waals surface area contributed by atoms with Crippen LogP contribution in [0.25, 0.3) is 11.2 Å². The van der Waals surface area contributed by atoms with Crippen LogP contribution in [0.5, 0.6) is 0 Å². The second-order valence-electron chi connectivity index (χ2n) is 5.36. The molecule has 0 amide bonds. The Morgan fingerprint density at radius 2 is 2.32 bits per heavy atom. The molecule has 3 N–H and O–H groups in total. The smallest absolute Gasteiger partial charge is 0.278 e. The van der Waals surface area contributed by atoms with Gasteiger partial charge in [0.15, 0.2) is 17.4 Å². The Bertz CT molecular complexity index is 814. The standard InChI is InChI=1S/C14H17N5O6/c15-2-1-3-23-7-24-11-10(21)8(4-20)25-14(11)19-6-18-9-12(19)16-5-17-13(9)22/h5-6,8,10-11,14,20-21H,1,3-4,7H2,(H,16,17,22)/t8-,10-,11-,14-/m1/s1. The van der Waals surface area contributed by atoms with Gasteiger partial charge < -0.3 is 29.4 Å². The molecule has 2 aromatic heterocycles. The summed E-state index contributed by atoms with van der Waals surface area (Å²) in [4.78, 5) is 22.3. The molecule has 0 spiro atoms. The van der Waals surface area contributed by atoms with E-state index in [-0.39, 0.29) is 31.0 Å². The Hall–Kier alpha value is -2.36. The van der Waals surface area contributed by atoms with Crippen molar-refractivity contribution in [1.29, 1.82) is 5.26 Å². The van der Waals surface area contributed by atoms with Crippen LogP contribution in [0.4, 0.5) is 0 Å². The maximum atomic E-state index is 11.8. The third-order valence-electron chi connectivity index (χ3n) is 3.83. The number of aliphatic hydroxyl groups excluding tert-OH is 2. The lowest BCUT2D eigenvalue weighted by Crippen LogP contribution is -2.36. The van der Waals surface area contributed by atoms with Crippen LogP contribution in [0.2, 0.25) is 0 Å². The van der Waals surface area contributed by atoms with E-state index >= 15 is 0 Å². The molecule has 11 nitrogen and oxygen atoms in total. The fourth-order valence-corrected chi connectivity index (χ4v) is 2.63. The van der Waals surface area contributed by atoms with Crippen molar-refractivity contribution in [3.63, 3.8) is 0 Å². The molecule has 0 radical (unpaired) electrons. The first-order valence-electron chi connectivity index (χ1n) is 7.58. The summed E-state index contributed by atoms with van der Waals surface area (Å²) in [5.74, 6) is 0. The third-order valence-corrected chi connectivity index (χ3v) is 3.83. The Morgan fingerprint density at radius 3 is 3.08 bits per heavy atom. The van der Waals surface area contributed by atoms with E-state index in [1.54, 1.807) is 0 Å². The molecule has 0 unspecified atom stereocenters. The number of aromatic nitrogens is 4. The summed E-state index contributed by atoms with van der Waals surface area (Å²) >= 11 is 0. The van der Waals surface area contributed by atoms with Crippen molar-refractivity contribution in [3.05, 3.63) is 23.0 Å². The molecule has 1 fully saturated rings. The van der Waals surface area contributed by atoms with E-state index in [4.69, 9.17) is 19.5 Å². The van der Waals surface area contributed by atoms with Gasteiger partial charge in [-0.25, -0.2) is 9.97 Å². The number of aromatic amines is 1. The van der Waals surface area contributed by atoms with Crippen LogP contribution in [-0.2, 0) is 14.2 Å². The van der Waals surface area contributed by atoms with Crippen LogP contribution in [0.3, 0.4) is 0 Å². The van der Waals surface area contributed by atoms with Crippen LogP contribution in [0.15, 0.2) is 17.4 Å². The zero-order chi connectivity index (χ0) is 17.8. The normalized spacial score (nSPS) is 26.1. The molecule has 0 saturated carbocycles. The maximum absolute atomic E-state index is 11.8. The van der Waals surface area contributed by atoms with Crippen molar-refractivity contribution in [3.8, 4) is 6.07 Å². The van der Waals surface area contributed by atoms with Crippen molar-refractivity contribution in [1.82, 2.24) is 19.5 Å². The van der Waals surface area contributed by atoms with E-state index < -0.39 is 36.7 Å². The molecule has 11 heteroatoms. The van der Waals surface area contributed by atoms with Crippen LogP contribution in [0, 0.1) is 11.3 Å². The number of nitrogens with one attached hydrogen (secondary N) is 1.